The van der Waals surface area contributed by atoms with E-state index >= 15 is 0 Å². The maximum Gasteiger partial charge on any atom is 0.241 e. The first-order valence-corrected chi connectivity index (χ1v) is 6.85. The fourth-order valence-corrected chi connectivity index (χ4v) is 2.61. The van der Waals surface area contributed by atoms with E-state index in [-0.39, 0.29) is 23.9 Å². The standard InChI is InChI=1S/C15H21FN2O/c1-4-18-14(11-7-5-6-8-12(11)16)17-13(15(18)19)9-10(2)3/h5-8,10,13-14,17H,4,9H2,1-3H3. The minimum absolute atomic E-state index is 0.0736. The molecule has 2 atom stereocenters. The maximum atomic E-state index is 13.9. The molecule has 0 spiro atoms. The zero-order valence-electron chi connectivity index (χ0n) is 11.7. The van der Waals surface area contributed by atoms with Gasteiger partial charge in [0.2, 0.25) is 5.91 Å². The highest BCUT2D eigenvalue weighted by Crippen LogP contribution is 2.28. The smallest absolute Gasteiger partial charge is 0.241 e. The van der Waals surface area contributed by atoms with Crippen molar-refractivity contribution in [3.63, 3.8) is 0 Å². The lowest BCUT2D eigenvalue weighted by atomic mass is 10.0. The van der Waals surface area contributed by atoms with E-state index in [0.29, 0.717) is 18.0 Å². The van der Waals surface area contributed by atoms with Crippen LogP contribution in [0.3, 0.4) is 0 Å². The number of hydrogen-bond donors (Lipinski definition) is 1. The van der Waals surface area contributed by atoms with Gasteiger partial charge in [-0.25, -0.2) is 4.39 Å². The first-order chi connectivity index (χ1) is 9.04. The lowest BCUT2D eigenvalue weighted by Crippen LogP contribution is -2.31. The molecule has 1 heterocycles. The molecule has 19 heavy (non-hydrogen) atoms. The van der Waals surface area contributed by atoms with Crippen molar-refractivity contribution in [2.75, 3.05) is 6.54 Å². The van der Waals surface area contributed by atoms with Crippen LogP contribution in [-0.2, 0) is 4.79 Å². The number of likely N-dealkylation sites (N-methyl/N-ethyl adjacent to an activating group) is 1. The van der Waals surface area contributed by atoms with Crippen molar-refractivity contribution in [1.82, 2.24) is 10.2 Å². The maximum absolute atomic E-state index is 13.9. The predicted octanol–water partition coefficient (Wildman–Crippen LogP) is 2.69. The van der Waals surface area contributed by atoms with Gasteiger partial charge in [0, 0.05) is 12.1 Å². The van der Waals surface area contributed by atoms with E-state index in [2.05, 4.69) is 19.2 Å². The molecule has 1 aromatic carbocycles. The van der Waals surface area contributed by atoms with Crippen LogP contribution in [-0.4, -0.2) is 23.4 Å². The molecule has 2 rings (SSSR count). The first-order valence-electron chi connectivity index (χ1n) is 6.85. The van der Waals surface area contributed by atoms with Gasteiger partial charge < -0.3 is 4.90 Å². The molecular formula is C15H21FN2O. The third kappa shape index (κ3) is 2.78. The summed E-state index contributed by atoms with van der Waals surface area (Å²) in [5, 5.41) is 3.27. The topological polar surface area (TPSA) is 32.3 Å². The van der Waals surface area contributed by atoms with Gasteiger partial charge in [0.05, 0.1) is 6.04 Å². The van der Waals surface area contributed by atoms with Crippen LogP contribution in [0.5, 0.6) is 0 Å². The van der Waals surface area contributed by atoms with E-state index < -0.39 is 0 Å². The van der Waals surface area contributed by atoms with E-state index in [9.17, 15) is 9.18 Å². The van der Waals surface area contributed by atoms with Crippen LogP contribution >= 0.6 is 0 Å². The highest BCUT2D eigenvalue weighted by molar-refractivity contribution is 5.84. The molecule has 0 saturated carbocycles. The summed E-state index contributed by atoms with van der Waals surface area (Å²) in [4.78, 5) is 14.0. The Hall–Kier alpha value is -1.42. The number of amides is 1. The Labute approximate surface area is 113 Å². The van der Waals surface area contributed by atoms with Gasteiger partial charge in [0.25, 0.3) is 0 Å². The van der Waals surface area contributed by atoms with Crippen LogP contribution in [0.1, 0.15) is 38.9 Å². The normalized spacial score (nSPS) is 23.4. The summed E-state index contributed by atoms with van der Waals surface area (Å²) in [5.41, 5.74) is 0.545. The highest BCUT2D eigenvalue weighted by atomic mass is 19.1. The van der Waals surface area contributed by atoms with Crippen LogP contribution < -0.4 is 5.32 Å². The Morgan fingerprint density at radius 3 is 2.63 bits per heavy atom. The molecule has 3 nitrogen and oxygen atoms in total. The summed E-state index contributed by atoms with van der Waals surface area (Å²) >= 11 is 0. The largest absolute Gasteiger partial charge is 0.322 e. The highest BCUT2D eigenvalue weighted by Gasteiger charge is 2.39. The minimum Gasteiger partial charge on any atom is -0.322 e. The van der Waals surface area contributed by atoms with E-state index in [1.54, 1.807) is 23.1 Å². The van der Waals surface area contributed by atoms with E-state index in [0.717, 1.165) is 6.42 Å². The summed E-state index contributed by atoms with van der Waals surface area (Å²) in [6, 6.07) is 6.43. The molecule has 0 bridgehead atoms. The second kappa shape index (κ2) is 5.70. The van der Waals surface area contributed by atoms with Crippen molar-refractivity contribution < 1.29 is 9.18 Å². The zero-order chi connectivity index (χ0) is 14.0. The average molecular weight is 264 g/mol. The fourth-order valence-electron chi connectivity index (χ4n) is 2.61. The van der Waals surface area contributed by atoms with Gasteiger partial charge in [0.1, 0.15) is 12.0 Å². The van der Waals surface area contributed by atoms with Crippen molar-refractivity contribution in [2.24, 2.45) is 5.92 Å². The lowest BCUT2D eigenvalue weighted by Gasteiger charge is -2.23. The molecule has 4 heteroatoms. The van der Waals surface area contributed by atoms with Crippen LogP contribution in [0.4, 0.5) is 4.39 Å². The van der Waals surface area contributed by atoms with Crippen LogP contribution in [0.2, 0.25) is 0 Å². The zero-order valence-corrected chi connectivity index (χ0v) is 11.7. The third-order valence-electron chi connectivity index (χ3n) is 3.50. The van der Waals surface area contributed by atoms with Gasteiger partial charge in [0.15, 0.2) is 0 Å². The Balaban J connectivity index is 2.26. The van der Waals surface area contributed by atoms with Gasteiger partial charge in [-0.1, -0.05) is 32.0 Å². The number of nitrogens with one attached hydrogen (secondary N) is 1. The van der Waals surface area contributed by atoms with Gasteiger partial charge in [-0.3, -0.25) is 10.1 Å². The third-order valence-corrected chi connectivity index (χ3v) is 3.50. The molecule has 1 saturated heterocycles. The van der Waals surface area contributed by atoms with Crippen LogP contribution in [0.15, 0.2) is 24.3 Å². The number of carbonyl (C=O) groups excluding carboxylic acids is 1. The van der Waals surface area contributed by atoms with Gasteiger partial charge >= 0.3 is 0 Å². The number of halogens is 1. The Kier molecular flexibility index (Phi) is 4.20. The summed E-state index contributed by atoms with van der Waals surface area (Å²) in [6.07, 6.45) is 0.433. The Morgan fingerprint density at radius 1 is 1.37 bits per heavy atom. The van der Waals surface area contributed by atoms with E-state index in [1.165, 1.54) is 6.07 Å². The molecule has 1 amide bonds. The minimum atomic E-state index is -0.345. The fraction of sp³-hybridized carbons (Fsp3) is 0.533. The molecule has 1 aromatic rings. The molecule has 1 N–H and O–H groups in total. The van der Waals surface area contributed by atoms with Crippen molar-refractivity contribution >= 4 is 5.91 Å². The molecule has 1 fully saturated rings. The van der Waals surface area contributed by atoms with Gasteiger partial charge in [-0.2, -0.15) is 0 Å². The molecule has 0 aromatic heterocycles. The van der Waals surface area contributed by atoms with Crippen molar-refractivity contribution in [3.05, 3.63) is 35.6 Å². The number of rotatable bonds is 4. The molecule has 104 valence electrons. The molecule has 1 aliphatic heterocycles. The first kappa shape index (κ1) is 14.0. The van der Waals surface area contributed by atoms with Crippen molar-refractivity contribution in [1.29, 1.82) is 0 Å². The van der Waals surface area contributed by atoms with Crippen molar-refractivity contribution in [2.45, 2.75) is 39.4 Å². The van der Waals surface area contributed by atoms with Crippen molar-refractivity contribution in [3.8, 4) is 0 Å². The van der Waals surface area contributed by atoms with Crippen LogP contribution in [0, 0.1) is 11.7 Å². The quantitative estimate of drug-likeness (QED) is 0.907. The second-order valence-corrected chi connectivity index (χ2v) is 5.40. The lowest BCUT2D eigenvalue weighted by molar-refractivity contribution is -0.130. The number of benzene rings is 1. The Bertz CT molecular complexity index is 461. The SMILES string of the molecule is CCN1C(=O)C(CC(C)C)NC1c1ccccc1F. The molecule has 0 radical (unpaired) electrons. The monoisotopic (exact) mass is 264 g/mol. The second-order valence-electron chi connectivity index (χ2n) is 5.40. The summed E-state index contributed by atoms with van der Waals surface area (Å²) < 4.78 is 13.9. The molecule has 2 unspecified atom stereocenters. The summed E-state index contributed by atoms with van der Waals surface area (Å²) in [5.74, 6) is 0.237. The number of hydrogen-bond acceptors (Lipinski definition) is 2. The Morgan fingerprint density at radius 2 is 2.05 bits per heavy atom. The van der Waals surface area contributed by atoms with Gasteiger partial charge in [-0.05, 0) is 25.3 Å². The summed E-state index contributed by atoms with van der Waals surface area (Å²) in [6.45, 7) is 6.67. The van der Waals surface area contributed by atoms with E-state index in [4.69, 9.17) is 0 Å². The van der Waals surface area contributed by atoms with Crippen LogP contribution in [0.25, 0.3) is 0 Å². The predicted molar refractivity (Wildman–Crippen MR) is 72.9 cm³/mol. The summed E-state index contributed by atoms with van der Waals surface area (Å²) in [7, 11) is 0. The van der Waals surface area contributed by atoms with E-state index in [1.807, 2.05) is 6.92 Å². The number of carbonyl (C=O) groups is 1. The molecule has 0 aliphatic carbocycles. The average Bonchev–Trinajstić information content (AvgIpc) is 2.66. The molecule has 1 aliphatic rings. The molecular weight excluding hydrogens is 243 g/mol. The van der Waals surface area contributed by atoms with Gasteiger partial charge in [-0.15, -0.1) is 0 Å². The number of nitrogens with zero attached hydrogens (tertiary/aromatic N) is 1.